The van der Waals surface area contributed by atoms with Crippen molar-refractivity contribution in [3.8, 4) is 0 Å². The van der Waals surface area contributed by atoms with Gasteiger partial charge in [-0.1, -0.05) is 48.5 Å². The summed E-state index contributed by atoms with van der Waals surface area (Å²) in [6.07, 6.45) is 0.968. The molecular formula is C18H17NO2. The van der Waals surface area contributed by atoms with Gasteiger partial charge in [-0.15, -0.1) is 0 Å². The van der Waals surface area contributed by atoms with Crippen molar-refractivity contribution in [1.82, 2.24) is 0 Å². The topological polar surface area (TPSA) is 38.3 Å². The second kappa shape index (κ2) is 5.01. The van der Waals surface area contributed by atoms with Crippen LogP contribution >= 0.6 is 0 Å². The molecule has 1 fully saturated rings. The van der Waals surface area contributed by atoms with E-state index in [9.17, 15) is 4.79 Å². The molecule has 0 amide bonds. The summed E-state index contributed by atoms with van der Waals surface area (Å²) in [6, 6.07) is 17.5. The van der Waals surface area contributed by atoms with E-state index in [0.29, 0.717) is 0 Å². The van der Waals surface area contributed by atoms with E-state index in [1.54, 1.807) is 0 Å². The number of carbonyl (C=O) groups is 1. The molecule has 2 aromatic rings. The minimum atomic E-state index is -0.199. The monoisotopic (exact) mass is 279 g/mol. The molecule has 2 aromatic carbocycles. The van der Waals surface area contributed by atoms with Gasteiger partial charge >= 0.3 is 0 Å². The van der Waals surface area contributed by atoms with Gasteiger partial charge in [0.05, 0.1) is 12.1 Å². The summed E-state index contributed by atoms with van der Waals surface area (Å²) in [5.74, 6) is 0.373. The third-order valence-corrected chi connectivity index (χ3v) is 4.48. The van der Waals surface area contributed by atoms with Crippen LogP contribution in [0.3, 0.4) is 0 Å². The predicted molar refractivity (Wildman–Crippen MR) is 81.4 cm³/mol. The highest BCUT2D eigenvalue weighted by molar-refractivity contribution is 6.02. The first-order chi connectivity index (χ1) is 10.3. The standard InChI is InChI=1S/C18H17NO2/c20-17(12-6-2-1-3-7-12)16-14-10-11-21-18(14)13-8-4-5-9-15(13)19-16/h1-9,14,16,18-19H,10-11H2/t14-,16+,18+/m1/s1. The van der Waals surface area contributed by atoms with Crippen molar-refractivity contribution >= 4 is 11.5 Å². The molecule has 2 heterocycles. The molecule has 0 aromatic heterocycles. The fourth-order valence-electron chi connectivity index (χ4n) is 3.46. The molecule has 1 saturated heterocycles. The van der Waals surface area contributed by atoms with Crippen LogP contribution in [0, 0.1) is 5.92 Å². The van der Waals surface area contributed by atoms with Crippen LogP contribution in [0.4, 0.5) is 5.69 Å². The predicted octanol–water partition coefficient (Wildman–Crippen LogP) is 3.44. The average molecular weight is 279 g/mol. The van der Waals surface area contributed by atoms with Gasteiger partial charge < -0.3 is 10.1 Å². The molecule has 3 nitrogen and oxygen atoms in total. The van der Waals surface area contributed by atoms with E-state index in [1.165, 1.54) is 5.56 Å². The van der Waals surface area contributed by atoms with E-state index < -0.39 is 0 Å². The molecule has 2 aliphatic rings. The molecule has 106 valence electrons. The third kappa shape index (κ3) is 2.05. The molecule has 0 saturated carbocycles. The maximum Gasteiger partial charge on any atom is 0.185 e. The number of anilines is 1. The summed E-state index contributed by atoms with van der Waals surface area (Å²) in [4.78, 5) is 12.8. The Hall–Kier alpha value is -2.13. The molecule has 0 aliphatic carbocycles. The molecular weight excluding hydrogens is 262 g/mol. The second-order valence-corrected chi connectivity index (χ2v) is 5.68. The van der Waals surface area contributed by atoms with Crippen LogP contribution in [-0.4, -0.2) is 18.4 Å². The maximum atomic E-state index is 12.8. The lowest BCUT2D eigenvalue weighted by molar-refractivity contribution is 0.0726. The molecule has 21 heavy (non-hydrogen) atoms. The lowest BCUT2D eigenvalue weighted by Gasteiger charge is -2.35. The van der Waals surface area contributed by atoms with Crippen LogP contribution in [0.1, 0.15) is 28.4 Å². The van der Waals surface area contributed by atoms with Crippen LogP contribution < -0.4 is 5.32 Å². The largest absolute Gasteiger partial charge is 0.374 e. The number of rotatable bonds is 2. The Balaban J connectivity index is 1.72. The summed E-state index contributed by atoms with van der Waals surface area (Å²) in [6.45, 7) is 0.726. The highest BCUT2D eigenvalue weighted by atomic mass is 16.5. The number of Topliss-reactive ketones (excluding diaryl/α,β-unsaturated/α-hetero) is 1. The summed E-state index contributed by atoms with van der Waals surface area (Å²) in [7, 11) is 0. The van der Waals surface area contributed by atoms with E-state index >= 15 is 0 Å². The minimum Gasteiger partial charge on any atom is -0.374 e. The smallest absolute Gasteiger partial charge is 0.185 e. The minimum absolute atomic E-state index is 0.0418. The van der Waals surface area contributed by atoms with Crippen LogP contribution in [0.2, 0.25) is 0 Å². The van der Waals surface area contributed by atoms with Crippen LogP contribution in [0.5, 0.6) is 0 Å². The van der Waals surface area contributed by atoms with E-state index in [2.05, 4.69) is 11.4 Å². The summed E-state index contributed by atoms with van der Waals surface area (Å²) in [5.41, 5.74) is 2.96. The Labute approximate surface area is 123 Å². The number of ketones is 1. The Bertz CT molecular complexity index is 668. The second-order valence-electron chi connectivity index (χ2n) is 5.68. The van der Waals surface area contributed by atoms with Gasteiger partial charge in [0.1, 0.15) is 0 Å². The van der Waals surface area contributed by atoms with Gasteiger partial charge in [-0.2, -0.15) is 0 Å². The first kappa shape index (κ1) is 12.6. The van der Waals surface area contributed by atoms with Gasteiger partial charge in [0.2, 0.25) is 0 Å². The van der Waals surface area contributed by atoms with Gasteiger partial charge in [-0.05, 0) is 12.5 Å². The molecule has 0 radical (unpaired) electrons. The van der Waals surface area contributed by atoms with E-state index in [0.717, 1.165) is 24.3 Å². The average Bonchev–Trinajstić information content (AvgIpc) is 3.04. The molecule has 0 bridgehead atoms. The Kier molecular flexibility index (Phi) is 3.00. The molecule has 3 atom stereocenters. The van der Waals surface area contributed by atoms with Crippen LogP contribution in [0.15, 0.2) is 54.6 Å². The van der Waals surface area contributed by atoms with Crippen LogP contribution in [0.25, 0.3) is 0 Å². The number of ether oxygens (including phenoxy) is 1. The molecule has 0 unspecified atom stereocenters. The summed E-state index contributed by atoms with van der Waals surface area (Å²) in [5, 5.41) is 3.44. The van der Waals surface area contributed by atoms with Crippen molar-refractivity contribution in [3.05, 3.63) is 65.7 Å². The lowest BCUT2D eigenvalue weighted by atomic mass is 9.81. The molecule has 3 heteroatoms. The van der Waals surface area contributed by atoms with Gasteiger partial charge in [-0.3, -0.25) is 4.79 Å². The quantitative estimate of drug-likeness (QED) is 0.856. The molecule has 0 spiro atoms. The molecule has 2 aliphatic heterocycles. The fraction of sp³-hybridized carbons (Fsp3) is 0.278. The van der Waals surface area contributed by atoms with Crippen molar-refractivity contribution in [2.24, 2.45) is 5.92 Å². The fourth-order valence-corrected chi connectivity index (χ4v) is 3.46. The van der Waals surface area contributed by atoms with E-state index in [4.69, 9.17) is 4.74 Å². The Morgan fingerprint density at radius 2 is 1.81 bits per heavy atom. The van der Waals surface area contributed by atoms with Gasteiger partial charge in [-0.25, -0.2) is 0 Å². The first-order valence-corrected chi connectivity index (χ1v) is 7.41. The Morgan fingerprint density at radius 1 is 1.05 bits per heavy atom. The number of benzene rings is 2. The summed E-state index contributed by atoms with van der Waals surface area (Å²) >= 11 is 0. The Morgan fingerprint density at radius 3 is 2.67 bits per heavy atom. The van der Waals surface area contributed by atoms with E-state index in [-0.39, 0.29) is 23.8 Å². The number of para-hydroxylation sites is 1. The van der Waals surface area contributed by atoms with Crippen molar-refractivity contribution in [1.29, 1.82) is 0 Å². The first-order valence-electron chi connectivity index (χ1n) is 7.41. The maximum absolute atomic E-state index is 12.8. The molecule has 4 rings (SSSR count). The van der Waals surface area contributed by atoms with Gasteiger partial charge in [0, 0.05) is 29.3 Å². The number of carbonyl (C=O) groups excluding carboxylic acids is 1. The number of nitrogens with one attached hydrogen (secondary N) is 1. The SMILES string of the molecule is O=C(c1ccccc1)[C@H]1Nc2ccccc2[C@@H]2OCC[C@H]12. The normalized spacial score (nSPS) is 26.6. The molecule has 1 N–H and O–H groups in total. The highest BCUT2D eigenvalue weighted by Gasteiger charge is 2.43. The van der Waals surface area contributed by atoms with E-state index in [1.807, 2.05) is 48.5 Å². The highest BCUT2D eigenvalue weighted by Crippen LogP contribution is 2.45. The van der Waals surface area contributed by atoms with Crippen molar-refractivity contribution < 1.29 is 9.53 Å². The zero-order chi connectivity index (χ0) is 14.2. The lowest BCUT2D eigenvalue weighted by Crippen LogP contribution is -2.42. The zero-order valence-electron chi connectivity index (χ0n) is 11.7. The van der Waals surface area contributed by atoms with Gasteiger partial charge in [0.15, 0.2) is 5.78 Å². The van der Waals surface area contributed by atoms with Crippen molar-refractivity contribution in [3.63, 3.8) is 0 Å². The summed E-state index contributed by atoms with van der Waals surface area (Å²) < 4.78 is 5.91. The number of hydrogen-bond acceptors (Lipinski definition) is 3. The third-order valence-electron chi connectivity index (χ3n) is 4.48. The van der Waals surface area contributed by atoms with Crippen molar-refractivity contribution in [2.75, 3.05) is 11.9 Å². The zero-order valence-corrected chi connectivity index (χ0v) is 11.7. The number of fused-ring (bicyclic) bond motifs is 3. The van der Waals surface area contributed by atoms with Crippen LogP contribution in [-0.2, 0) is 4.74 Å². The van der Waals surface area contributed by atoms with Gasteiger partial charge in [0.25, 0.3) is 0 Å². The number of hydrogen-bond donors (Lipinski definition) is 1. The van der Waals surface area contributed by atoms with Crippen molar-refractivity contribution in [2.45, 2.75) is 18.6 Å².